The van der Waals surface area contributed by atoms with Gasteiger partial charge in [0.25, 0.3) is 0 Å². The van der Waals surface area contributed by atoms with E-state index in [9.17, 15) is 15.0 Å². The number of methoxy groups -OCH3 is 1. The third kappa shape index (κ3) is 4.98. The van der Waals surface area contributed by atoms with Gasteiger partial charge in [0.15, 0.2) is 20.7 Å². The Balaban J connectivity index is 2.83. The molecule has 0 bridgehead atoms. The molecule has 0 aliphatic carbocycles. The van der Waals surface area contributed by atoms with Crippen molar-refractivity contribution in [2.24, 2.45) is 0 Å². The van der Waals surface area contributed by atoms with E-state index in [1.54, 1.807) is 0 Å². The standard InChI is InChI=1S/C15H30O7Si/c1-9(16)21-13-11(17)10(22-14(19-5)12(13)18)8-20-23(6,7)15(2,3)4/h10-14,17-18H,8H2,1-7H3/t10-,11-,12+,13+,14+/m1/s1. The van der Waals surface area contributed by atoms with E-state index in [0.717, 1.165) is 0 Å². The average molecular weight is 350 g/mol. The molecule has 2 N–H and O–H groups in total. The van der Waals surface area contributed by atoms with Gasteiger partial charge >= 0.3 is 5.97 Å². The van der Waals surface area contributed by atoms with Gasteiger partial charge < -0.3 is 28.8 Å². The predicted molar refractivity (Wildman–Crippen MR) is 86.4 cm³/mol. The van der Waals surface area contributed by atoms with Gasteiger partial charge in [-0.25, -0.2) is 0 Å². The van der Waals surface area contributed by atoms with Crippen molar-refractivity contribution in [3.8, 4) is 0 Å². The quantitative estimate of drug-likeness (QED) is 0.565. The Morgan fingerprint density at radius 2 is 1.78 bits per heavy atom. The number of rotatable bonds is 5. The van der Waals surface area contributed by atoms with Gasteiger partial charge in [-0.3, -0.25) is 4.79 Å². The first-order valence-corrected chi connectivity index (χ1v) is 10.7. The summed E-state index contributed by atoms with van der Waals surface area (Å²) in [5.41, 5.74) is 0. The number of aliphatic hydroxyl groups excluding tert-OH is 2. The Morgan fingerprint density at radius 1 is 1.22 bits per heavy atom. The summed E-state index contributed by atoms with van der Waals surface area (Å²) in [4.78, 5) is 11.2. The van der Waals surface area contributed by atoms with Gasteiger partial charge in [0.2, 0.25) is 0 Å². The summed E-state index contributed by atoms with van der Waals surface area (Å²) >= 11 is 0. The van der Waals surface area contributed by atoms with E-state index in [0.29, 0.717) is 0 Å². The highest BCUT2D eigenvalue weighted by Gasteiger charge is 2.48. The highest BCUT2D eigenvalue weighted by Crippen LogP contribution is 2.37. The molecule has 23 heavy (non-hydrogen) atoms. The van der Waals surface area contributed by atoms with E-state index >= 15 is 0 Å². The summed E-state index contributed by atoms with van der Waals surface area (Å²) in [6, 6.07) is 0. The van der Waals surface area contributed by atoms with Crippen LogP contribution in [0.1, 0.15) is 27.7 Å². The molecule has 0 aromatic heterocycles. The fraction of sp³-hybridized carbons (Fsp3) is 0.933. The fourth-order valence-corrected chi connectivity index (χ4v) is 3.09. The van der Waals surface area contributed by atoms with Crippen LogP contribution in [0.4, 0.5) is 0 Å². The number of carbonyl (C=O) groups is 1. The summed E-state index contributed by atoms with van der Waals surface area (Å²) in [5.74, 6) is -0.589. The van der Waals surface area contributed by atoms with Crippen molar-refractivity contribution in [2.75, 3.05) is 13.7 Å². The third-order valence-corrected chi connectivity index (χ3v) is 9.09. The largest absolute Gasteiger partial charge is 0.457 e. The van der Waals surface area contributed by atoms with Crippen LogP contribution in [-0.2, 0) is 23.4 Å². The van der Waals surface area contributed by atoms with Crippen LogP contribution in [0.3, 0.4) is 0 Å². The first-order valence-electron chi connectivity index (χ1n) is 7.76. The lowest BCUT2D eigenvalue weighted by molar-refractivity contribution is -0.296. The van der Waals surface area contributed by atoms with E-state index in [-0.39, 0.29) is 11.6 Å². The second-order valence-corrected chi connectivity index (χ2v) is 12.2. The van der Waals surface area contributed by atoms with Crippen molar-refractivity contribution in [3.05, 3.63) is 0 Å². The van der Waals surface area contributed by atoms with E-state index < -0.39 is 45.0 Å². The van der Waals surface area contributed by atoms with Crippen LogP contribution in [0, 0.1) is 0 Å². The molecule has 1 rings (SSSR count). The molecule has 8 heteroatoms. The smallest absolute Gasteiger partial charge is 0.303 e. The Labute approximate surface area is 139 Å². The van der Waals surface area contributed by atoms with Crippen LogP contribution < -0.4 is 0 Å². The van der Waals surface area contributed by atoms with Crippen molar-refractivity contribution in [3.63, 3.8) is 0 Å². The van der Waals surface area contributed by atoms with Crippen LogP contribution in [0.15, 0.2) is 0 Å². The SMILES string of the molecule is CO[C@H]1O[C@H](CO[Si](C)(C)C(C)(C)C)[C@@H](O)[C@H](OC(C)=O)[C@@H]1O. The molecular weight excluding hydrogens is 320 g/mol. The Kier molecular flexibility index (Phi) is 6.77. The van der Waals surface area contributed by atoms with Crippen LogP contribution in [0.5, 0.6) is 0 Å². The molecule has 1 aliphatic heterocycles. The molecule has 136 valence electrons. The van der Waals surface area contributed by atoms with E-state index in [1.165, 1.54) is 14.0 Å². The van der Waals surface area contributed by atoms with Crippen LogP contribution in [-0.4, -0.2) is 68.9 Å². The highest BCUT2D eigenvalue weighted by molar-refractivity contribution is 6.74. The van der Waals surface area contributed by atoms with Gasteiger partial charge in [0.1, 0.15) is 18.3 Å². The van der Waals surface area contributed by atoms with Crippen LogP contribution in [0.2, 0.25) is 18.1 Å². The Hall–Kier alpha value is -0.513. The van der Waals surface area contributed by atoms with Crippen LogP contribution in [0.25, 0.3) is 0 Å². The molecule has 0 saturated carbocycles. The van der Waals surface area contributed by atoms with Gasteiger partial charge in [0.05, 0.1) is 6.61 Å². The van der Waals surface area contributed by atoms with Crippen molar-refractivity contribution >= 4 is 14.3 Å². The van der Waals surface area contributed by atoms with Gasteiger partial charge in [-0.1, -0.05) is 20.8 Å². The molecule has 0 aromatic carbocycles. The Bertz CT molecular complexity index is 407. The molecule has 0 radical (unpaired) electrons. The molecule has 0 unspecified atom stereocenters. The van der Waals surface area contributed by atoms with Crippen molar-refractivity contribution in [2.45, 2.75) is 76.5 Å². The summed E-state index contributed by atoms with van der Waals surface area (Å²) in [7, 11) is -0.647. The fourth-order valence-electron chi connectivity index (χ4n) is 2.07. The first kappa shape index (κ1) is 20.5. The lowest BCUT2D eigenvalue weighted by Crippen LogP contribution is -2.61. The monoisotopic (exact) mass is 350 g/mol. The van der Waals surface area contributed by atoms with Gasteiger partial charge in [0, 0.05) is 14.0 Å². The van der Waals surface area contributed by atoms with Gasteiger partial charge in [-0.2, -0.15) is 0 Å². The second-order valence-electron chi connectivity index (χ2n) is 7.41. The molecule has 5 atom stereocenters. The van der Waals surface area contributed by atoms with Crippen molar-refractivity contribution in [1.29, 1.82) is 0 Å². The van der Waals surface area contributed by atoms with Crippen molar-refractivity contribution in [1.82, 2.24) is 0 Å². The van der Waals surface area contributed by atoms with E-state index in [4.69, 9.17) is 18.6 Å². The summed E-state index contributed by atoms with van der Waals surface area (Å²) in [6.45, 7) is 11.9. The van der Waals surface area contributed by atoms with E-state index in [2.05, 4.69) is 33.9 Å². The third-order valence-electron chi connectivity index (χ3n) is 4.59. The molecule has 0 amide bonds. The minimum Gasteiger partial charge on any atom is -0.457 e. The number of carbonyl (C=O) groups excluding carboxylic acids is 1. The molecule has 0 spiro atoms. The molecule has 0 aromatic rings. The zero-order chi connectivity index (χ0) is 18.0. The highest BCUT2D eigenvalue weighted by atomic mass is 28.4. The number of ether oxygens (including phenoxy) is 3. The zero-order valence-corrected chi connectivity index (χ0v) is 16.0. The molecule has 1 saturated heterocycles. The zero-order valence-electron chi connectivity index (χ0n) is 15.0. The normalized spacial score (nSPS) is 32.7. The maximum atomic E-state index is 11.2. The van der Waals surface area contributed by atoms with Gasteiger partial charge in [-0.05, 0) is 18.1 Å². The summed E-state index contributed by atoms with van der Waals surface area (Å²) in [6.07, 6.45) is -5.30. The number of aliphatic hydroxyl groups is 2. The molecule has 1 heterocycles. The number of hydrogen-bond acceptors (Lipinski definition) is 7. The lowest BCUT2D eigenvalue weighted by atomic mass is 9.99. The average Bonchev–Trinajstić information content (AvgIpc) is 2.41. The van der Waals surface area contributed by atoms with Crippen molar-refractivity contribution < 1.29 is 33.6 Å². The molecule has 1 aliphatic rings. The predicted octanol–water partition coefficient (Wildman–Crippen LogP) is 1.03. The topological polar surface area (TPSA) is 94.5 Å². The summed E-state index contributed by atoms with van der Waals surface area (Å²) < 4.78 is 21.7. The lowest BCUT2D eigenvalue weighted by Gasteiger charge is -2.43. The first-order chi connectivity index (χ1) is 10.4. The summed E-state index contributed by atoms with van der Waals surface area (Å²) in [5, 5.41) is 20.5. The molecule has 7 nitrogen and oxygen atoms in total. The maximum absolute atomic E-state index is 11.2. The maximum Gasteiger partial charge on any atom is 0.303 e. The number of hydrogen-bond donors (Lipinski definition) is 2. The molecular formula is C15H30O7Si. The minimum absolute atomic E-state index is 0.0159. The minimum atomic E-state index is -2.02. The van der Waals surface area contributed by atoms with Crippen LogP contribution >= 0.6 is 0 Å². The second kappa shape index (κ2) is 7.58. The van der Waals surface area contributed by atoms with Gasteiger partial charge in [-0.15, -0.1) is 0 Å². The Morgan fingerprint density at radius 3 is 2.22 bits per heavy atom. The number of esters is 1. The van der Waals surface area contributed by atoms with E-state index in [1.807, 2.05) is 0 Å². The molecule has 1 fully saturated rings.